The van der Waals surface area contributed by atoms with Gasteiger partial charge in [-0.3, -0.25) is 4.79 Å². The van der Waals surface area contributed by atoms with Crippen molar-refractivity contribution in [2.45, 2.75) is 10.7 Å². The highest BCUT2D eigenvalue weighted by Gasteiger charge is 2.34. The van der Waals surface area contributed by atoms with Crippen molar-refractivity contribution in [3.05, 3.63) is 54.4 Å². The molecule has 0 aliphatic heterocycles. The van der Waals surface area contributed by atoms with Gasteiger partial charge in [0.15, 0.2) is 5.16 Å². The van der Waals surface area contributed by atoms with Crippen LogP contribution in [0.5, 0.6) is 0 Å². The molecule has 2 aromatic rings. The monoisotopic (exact) mass is 274 g/mol. The molecule has 19 heavy (non-hydrogen) atoms. The highest BCUT2D eigenvalue weighted by molar-refractivity contribution is 7.99. The molecule has 0 fully saturated rings. The zero-order valence-electron chi connectivity index (χ0n) is 10.2. The lowest BCUT2D eigenvalue weighted by atomic mass is 9.92. The van der Waals surface area contributed by atoms with Gasteiger partial charge in [-0.25, -0.2) is 9.97 Å². The molecule has 1 atom stereocenters. The number of carbonyl (C=O) groups excluding carboxylic acids is 1. The summed E-state index contributed by atoms with van der Waals surface area (Å²) in [5.74, 6) is -0.279. The first-order valence-electron chi connectivity index (χ1n) is 5.67. The van der Waals surface area contributed by atoms with Gasteiger partial charge in [-0.1, -0.05) is 42.1 Å². The number of hydrogen-bond acceptors (Lipinski definition) is 5. The summed E-state index contributed by atoms with van der Waals surface area (Å²) in [6.07, 6.45) is 3.28. The first kappa shape index (κ1) is 13.5. The molecule has 1 aromatic carbocycles. The van der Waals surface area contributed by atoms with E-state index >= 15 is 0 Å². The van der Waals surface area contributed by atoms with E-state index in [1.54, 1.807) is 30.6 Å². The van der Waals surface area contributed by atoms with Crippen molar-refractivity contribution >= 4 is 17.7 Å². The summed E-state index contributed by atoms with van der Waals surface area (Å²) < 4.78 is 0. The number of amides is 1. The van der Waals surface area contributed by atoms with E-state index in [0.29, 0.717) is 10.7 Å². The zero-order chi connectivity index (χ0) is 13.7. The van der Waals surface area contributed by atoms with Gasteiger partial charge in [-0.05, 0) is 11.6 Å². The maximum absolute atomic E-state index is 11.7. The second kappa shape index (κ2) is 5.81. The molecule has 0 saturated heterocycles. The Morgan fingerprint density at radius 2 is 1.79 bits per heavy atom. The number of carbonyl (C=O) groups is 1. The van der Waals surface area contributed by atoms with Crippen LogP contribution in [0, 0.1) is 0 Å². The maximum Gasteiger partial charge on any atom is 0.243 e. The van der Waals surface area contributed by atoms with Crippen LogP contribution in [0.3, 0.4) is 0 Å². The molecule has 0 aliphatic carbocycles. The smallest absolute Gasteiger partial charge is 0.243 e. The lowest BCUT2D eigenvalue weighted by Gasteiger charge is -2.25. The minimum Gasteiger partial charge on any atom is -0.368 e. The number of aromatic nitrogens is 2. The lowest BCUT2D eigenvalue weighted by Crippen LogP contribution is -2.51. The van der Waals surface area contributed by atoms with Gasteiger partial charge >= 0.3 is 0 Å². The zero-order valence-corrected chi connectivity index (χ0v) is 11.0. The summed E-state index contributed by atoms with van der Waals surface area (Å²) >= 11 is 1.30. The lowest BCUT2D eigenvalue weighted by molar-refractivity contribution is -0.122. The molecule has 5 nitrogen and oxygen atoms in total. The fourth-order valence-corrected chi connectivity index (χ4v) is 2.51. The molecule has 0 bridgehead atoms. The van der Waals surface area contributed by atoms with E-state index in [2.05, 4.69) is 9.97 Å². The molecular formula is C13H14N4OS. The van der Waals surface area contributed by atoms with Gasteiger partial charge in [-0.2, -0.15) is 0 Å². The predicted molar refractivity (Wildman–Crippen MR) is 74.3 cm³/mol. The highest BCUT2D eigenvalue weighted by atomic mass is 32.2. The third-order valence-electron chi connectivity index (χ3n) is 2.70. The maximum atomic E-state index is 11.7. The van der Waals surface area contributed by atoms with Gasteiger partial charge in [0, 0.05) is 18.1 Å². The van der Waals surface area contributed by atoms with Crippen LogP contribution in [-0.4, -0.2) is 21.6 Å². The first-order valence-corrected chi connectivity index (χ1v) is 6.65. The van der Waals surface area contributed by atoms with Crippen molar-refractivity contribution in [3.63, 3.8) is 0 Å². The Labute approximate surface area is 115 Å². The molecular weight excluding hydrogens is 260 g/mol. The SMILES string of the molecule is NC(=O)C(N)(CSc1ncccn1)c1ccccc1. The van der Waals surface area contributed by atoms with Gasteiger partial charge in [-0.15, -0.1) is 0 Å². The number of rotatable bonds is 5. The average molecular weight is 274 g/mol. The summed E-state index contributed by atoms with van der Waals surface area (Å²) in [6, 6.07) is 10.8. The third kappa shape index (κ3) is 3.10. The van der Waals surface area contributed by atoms with E-state index in [4.69, 9.17) is 11.5 Å². The van der Waals surface area contributed by atoms with Crippen molar-refractivity contribution in [1.82, 2.24) is 9.97 Å². The summed E-state index contributed by atoms with van der Waals surface area (Å²) in [5, 5.41) is 0.564. The number of nitrogens with zero attached hydrogens (tertiary/aromatic N) is 2. The van der Waals surface area contributed by atoms with Crippen LogP contribution >= 0.6 is 11.8 Å². The fourth-order valence-electron chi connectivity index (χ4n) is 1.57. The molecule has 2 rings (SSSR count). The normalized spacial score (nSPS) is 13.7. The second-order valence-electron chi connectivity index (χ2n) is 4.02. The van der Waals surface area contributed by atoms with Gasteiger partial charge in [0.2, 0.25) is 5.91 Å². The molecule has 0 spiro atoms. The van der Waals surface area contributed by atoms with Crippen LogP contribution in [0.1, 0.15) is 5.56 Å². The summed E-state index contributed by atoms with van der Waals surface area (Å²) in [7, 11) is 0. The first-order chi connectivity index (χ1) is 9.13. The molecule has 4 N–H and O–H groups in total. The van der Waals surface area contributed by atoms with Crippen LogP contribution in [0.2, 0.25) is 0 Å². The predicted octanol–water partition coefficient (Wildman–Crippen LogP) is 0.908. The van der Waals surface area contributed by atoms with Crippen molar-refractivity contribution < 1.29 is 4.79 Å². The van der Waals surface area contributed by atoms with Crippen LogP contribution in [0.25, 0.3) is 0 Å². The number of benzene rings is 1. The molecule has 1 heterocycles. The Balaban J connectivity index is 2.19. The van der Waals surface area contributed by atoms with Crippen LogP contribution in [0.4, 0.5) is 0 Å². The van der Waals surface area contributed by atoms with E-state index < -0.39 is 11.4 Å². The van der Waals surface area contributed by atoms with Gasteiger partial charge in [0.1, 0.15) is 5.54 Å². The Morgan fingerprint density at radius 3 is 2.37 bits per heavy atom. The minimum atomic E-state index is -1.23. The van der Waals surface area contributed by atoms with Gasteiger partial charge in [0.25, 0.3) is 0 Å². The molecule has 1 amide bonds. The average Bonchev–Trinajstić information content (AvgIpc) is 2.46. The Bertz CT molecular complexity index is 549. The number of hydrogen-bond donors (Lipinski definition) is 2. The van der Waals surface area contributed by atoms with E-state index in [0.717, 1.165) is 0 Å². The molecule has 0 radical (unpaired) electrons. The van der Waals surface area contributed by atoms with E-state index in [1.807, 2.05) is 18.2 Å². The molecule has 0 saturated carbocycles. The van der Waals surface area contributed by atoms with Gasteiger partial charge in [0.05, 0.1) is 0 Å². The van der Waals surface area contributed by atoms with Crippen LogP contribution < -0.4 is 11.5 Å². The summed E-state index contributed by atoms with van der Waals surface area (Å²) in [5.41, 5.74) is 11.1. The fraction of sp³-hybridized carbons (Fsp3) is 0.154. The van der Waals surface area contributed by atoms with E-state index in [9.17, 15) is 4.79 Å². The summed E-state index contributed by atoms with van der Waals surface area (Å²) in [6.45, 7) is 0. The molecule has 1 aromatic heterocycles. The van der Waals surface area contributed by atoms with Crippen LogP contribution in [-0.2, 0) is 10.3 Å². The molecule has 1 unspecified atom stereocenters. The van der Waals surface area contributed by atoms with Crippen molar-refractivity contribution in [2.75, 3.05) is 5.75 Å². The molecule has 6 heteroatoms. The van der Waals surface area contributed by atoms with E-state index in [-0.39, 0.29) is 5.75 Å². The number of thioether (sulfide) groups is 1. The van der Waals surface area contributed by atoms with E-state index in [1.165, 1.54) is 11.8 Å². The van der Waals surface area contributed by atoms with Crippen molar-refractivity contribution in [3.8, 4) is 0 Å². The van der Waals surface area contributed by atoms with Crippen LogP contribution in [0.15, 0.2) is 53.9 Å². The highest BCUT2D eigenvalue weighted by Crippen LogP contribution is 2.25. The molecule has 98 valence electrons. The molecule has 0 aliphatic rings. The Kier molecular flexibility index (Phi) is 4.13. The number of nitrogens with two attached hydrogens (primary N) is 2. The van der Waals surface area contributed by atoms with Crippen molar-refractivity contribution in [1.29, 1.82) is 0 Å². The second-order valence-corrected chi connectivity index (χ2v) is 4.96. The Hall–Kier alpha value is -1.92. The summed E-state index contributed by atoms with van der Waals surface area (Å²) in [4.78, 5) is 19.8. The third-order valence-corrected chi connectivity index (χ3v) is 3.77. The minimum absolute atomic E-state index is 0.288. The Morgan fingerprint density at radius 1 is 1.16 bits per heavy atom. The largest absolute Gasteiger partial charge is 0.368 e. The quantitative estimate of drug-likeness (QED) is 0.624. The topological polar surface area (TPSA) is 94.9 Å². The number of primary amides is 1. The standard InChI is InChI=1S/C13H14N4OS/c14-11(18)13(15,10-5-2-1-3-6-10)9-19-12-16-7-4-8-17-12/h1-8H,9,15H2,(H2,14,18). The van der Waals surface area contributed by atoms with Gasteiger partial charge < -0.3 is 11.5 Å². The van der Waals surface area contributed by atoms with Crippen molar-refractivity contribution in [2.24, 2.45) is 11.5 Å².